The topological polar surface area (TPSA) is 59.1 Å². The van der Waals surface area contributed by atoms with E-state index in [0.29, 0.717) is 15.9 Å². The van der Waals surface area contributed by atoms with Gasteiger partial charge < -0.3 is 10.8 Å². The van der Waals surface area contributed by atoms with Gasteiger partial charge >= 0.3 is 0 Å². The molecule has 1 aromatic carbocycles. The van der Waals surface area contributed by atoms with Gasteiger partial charge in [0.15, 0.2) is 5.75 Å². The van der Waals surface area contributed by atoms with Crippen molar-refractivity contribution in [3.63, 3.8) is 0 Å². The molecule has 0 aliphatic heterocycles. The third-order valence-electron chi connectivity index (χ3n) is 1.84. The lowest BCUT2D eigenvalue weighted by Gasteiger charge is -2.04. The zero-order chi connectivity index (χ0) is 9.42. The number of rotatable bonds is 0. The van der Waals surface area contributed by atoms with Crippen molar-refractivity contribution in [1.29, 1.82) is 0 Å². The standard InChI is InChI=1S/C9H7ClN2O/c10-6-4-7(11)9(13)8-5(6)2-1-3-12-8/h1-4,13H,11H2. The Hall–Kier alpha value is -1.48. The number of hydrogen-bond acceptors (Lipinski definition) is 3. The summed E-state index contributed by atoms with van der Waals surface area (Å²) in [7, 11) is 0. The van der Waals surface area contributed by atoms with Crippen molar-refractivity contribution in [1.82, 2.24) is 4.98 Å². The lowest BCUT2D eigenvalue weighted by Crippen LogP contribution is -1.88. The van der Waals surface area contributed by atoms with Gasteiger partial charge in [0, 0.05) is 11.6 Å². The average molecular weight is 195 g/mol. The van der Waals surface area contributed by atoms with Gasteiger partial charge in [0.2, 0.25) is 0 Å². The summed E-state index contributed by atoms with van der Waals surface area (Å²) in [5, 5.41) is 10.7. The molecule has 0 aliphatic rings. The van der Waals surface area contributed by atoms with Gasteiger partial charge in [-0.1, -0.05) is 11.6 Å². The van der Waals surface area contributed by atoms with Gasteiger partial charge in [0.05, 0.1) is 10.7 Å². The third-order valence-corrected chi connectivity index (χ3v) is 2.16. The minimum atomic E-state index is -0.0139. The second-order valence-corrected chi connectivity index (χ2v) is 3.10. The molecule has 3 nitrogen and oxygen atoms in total. The number of pyridine rings is 1. The lowest BCUT2D eigenvalue weighted by molar-refractivity contribution is 0.483. The van der Waals surface area contributed by atoms with Crippen LogP contribution in [0.4, 0.5) is 5.69 Å². The molecule has 0 saturated carbocycles. The summed E-state index contributed by atoms with van der Waals surface area (Å²) in [5.74, 6) is -0.0139. The van der Waals surface area contributed by atoms with Crippen molar-refractivity contribution in [2.75, 3.05) is 5.73 Å². The smallest absolute Gasteiger partial charge is 0.165 e. The van der Waals surface area contributed by atoms with Crippen molar-refractivity contribution in [2.24, 2.45) is 0 Å². The maximum atomic E-state index is 9.54. The van der Waals surface area contributed by atoms with Crippen molar-refractivity contribution in [3.05, 3.63) is 29.4 Å². The highest BCUT2D eigenvalue weighted by Crippen LogP contribution is 2.34. The molecule has 1 aromatic heterocycles. The van der Waals surface area contributed by atoms with Gasteiger partial charge in [0.25, 0.3) is 0 Å². The average Bonchev–Trinajstić information content (AvgIpc) is 2.15. The summed E-state index contributed by atoms with van der Waals surface area (Å²) < 4.78 is 0. The number of phenolic OH excluding ortho intramolecular Hbond substituents is 1. The largest absolute Gasteiger partial charge is 0.504 e. The van der Waals surface area contributed by atoms with Crippen LogP contribution in [0.3, 0.4) is 0 Å². The Kier molecular flexibility index (Phi) is 1.74. The van der Waals surface area contributed by atoms with Crippen LogP contribution in [0.25, 0.3) is 10.9 Å². The van der Waals surface area contributed by atoms with Crippen molar-refractivity contribution >= 4 is 28.2 Å². The van der Waals surface area contributed by atoms with Crippen LogP contribution in [0.1, 0.15) is 0 Å². The molecular weight excluding hydrogens is 188 g/mol. The molecule has 0 saturated heterocycles. The Bertz CT molecular complexity index is 470. The Morgan fingerprint density at radius 2 is 2.23 bits per heavy atom. The summed E-state index contributed by atoms with van der Waals surface area (Å²) in [4.78, 5) is 3.99. The predicted octanol–water partition coefficient (Wildman–Crippen LogP) is 2.18. The van der Waals surface area contributed by atoms with Crippen LogP contribution in [0.5, 0.6) is 5.75 Å². The number of nitrogens with zero attached hydrogens (tertiary/aromatic N) is 1. The van der Waals surface area contributed by atoms with E-state index < -0.39 is 0 Å². The van der Waals surface area contributed by atoms with Crippen LogP contribution in [0.2, 0.25) is 5.02 Å². The van der Waals surface area contributed by atoms with E-state index in [9.17, 15) is 5.11 Å². The number of nitrogens with two attached hydrogens (primary N) is 1. The normalized spacial score (nSPS) is 10.5. The van der Waals surface area contributed by atoms with Gasteiger partial charge in [-0.2, -0.15) is 0 Å². The van der Waals surface area contributed by atoms with Crippen LogP contribution >= 0.6 is 11.6 Å². The van der Waals surface area contributed by atoms with E-state index in [2.05, 4.69) is 4.98 Å². The number of hydrogen-bond donors (Lipinski definition) is 2. The highest BCUT2D eigenvalue weighted by Gasteiger charge is 2.07. The predicted molar refractivity (Wildman–Crippen MR) is 52.8 cm³/mol. The molecule has 0 atom stereocenters. The molecule has 1 heterocycles. The fourth-order valence-corrected chi connectivity index (χ4v) is 1.48. The summed E-state index contributed by atoms with van der Waals surface area (Å²) in [6.45, 7) is 0. The van der Waals surface area contributed by atoms with E-state index in [1.54, 1.807) is 18.3 Å². The Morgan fingerprint density at radius 1 is 1.46 bits per heavy atom. The number of aromatic hydroxyl groups is 1. The quantitative estimate of drug-likeness (QED) is 0.499. The van der Waals surface area contributed by atoms with E-state index >= 15 is 0 Å². The first-order chi connectivity index (χ1) is 6.20. The van der Waals surface area contributed by atoms with Gasteiger partial charge in [-0.05, 0) is 18.2 Å². The minimum absolute atomic E-state index is 0.0139. The van der Waals surface area contributed by atoms with Gasteiger partial charge in [-0.25, -0.2) is 0 Å². The first-order valence-electron chi connectivity index (χ1n) is 3.72. The number of nitrogen functional groups attached to an aromatic ring is 1. The zero-order valence-electron chi connectivity index (χ0n) is 6.66. The molecule has 0 spiro atoms. The van der Waals surface area contributed by atoms with Crippen LogP contribution in [0.15, 0.2) is 24.4 Å². The summed E-state index contributed by atoms with van der Waals surface area (Å²) in [6, 6.07) is 5.05. The van der Waals surface area contributed by atoms with Crippen molar-refractivity contribution < 1.29 is 5.11 Å². The number of phenols is 1. The fraction of sp³-hybridized carbons (Fsp3) is 0. The summed E-state index contributed by atoms with van der Waals surface area (Å²) in [6.07, 6.45) is 1.58. The van der Waals surface area contributed by atoms with Crippen molar-refractivity contribution in [3.8, 4) is 5.75 Å². The van der Waals surface area contributed by atoms with Crippen molar-refractivity contribution in [2.45, 2.75) is 0 Å². The Labute approximate surface area is 79.8 Å². The van der Waals surface area contributed by atoms with Crippen LogP contribution in [-0.4, -0.2) is 10.1 Å². The van der Waals surface area contributed by atoms with E-state index in [4.69, 9.17) is 17.3 Å². The number of benzene rings is 1. The van der Waals surface area contributed by atoms with Gasteiger partial charge in [-0.3, -0.25) is 4.98 Å². The molecular formula is C9H7ClN2O. The highest BCUT2D eigenvalue weighted by molar-refractivity contribution is 6.36. The zero-order valence-corrected chi connectivity index (χ0v) is 7.42. The van der Waals surface area contributed by atoms with Crippen LogP contribution < -0.4 is 5.73 Å². The van der Waals surface area contributed by atoms with E-state index in [1.807, 2.05) is 0 Å². The van der Waals surface area contributed by atoms with Crippen LogP contribution in [-0.2, 0) is 0 Å². The lowest BCUT2D eigenvalue weighted by atomic mass is 10.2. The fourth-order valence-electron chi connectivity index (χ4n) is 1.21. The second kappa shape index (κ2) is 2.78. The number of halogens is 1. The second-order valence-electron chi connectivity index (χ2n) is 2.70. The number of anilines is 1. The van der Waals surface area contributed by atoms with E-state index in [1.165, 1.54) is 6.07 Å². The highest BCUT2D eigenvalue weighted by atomic mass is 35.5. The molecule has 0 bridgehead atoms. The maximum Gasteiger partial charge on any atom is 0.165 e. The molecule has 0 amide bonds. The molecule has 4 heteroatoms. The summed E-state index contributed by atoms with van der Waals surface area (Å²) >= 11 is 5.90. The van der Waals surface area contributed by atoms with Crippen LogP contribution in [0, 0.1) is 0 Å². The van der Waals surface area contributed by atoms with Gasteiger partial charge in [-0.15, -0.1) is 0 Å². The molecule has 2 aromatic rings. The number of fused-ring (bicyclic) bond motifs is 1. The molecule has 0 fully saturated rings. The Morgan fingerprint density at radius 3 is 3.00 bits per heavy atom. The molecule has 66 valence electrons. The molecule has 0 aliphatic carbocycles. The molecule has 0 unspecified atom stereocenters. The molecule has 2 rings (SSSR count). The minimum Gasteiger partial charge on any atom is -0.504 e. The van der Waals surface area contributed by atoms with Gasteiger partial charge in [0.1, 0.15) is 5.52 Å². The molecule has 0 radical (unpaired) electrons. The summed E-state index contributed by atoms with van der Waals surface area (Å²) in [5.41, 5.74) is 6.20. The first-order valence-corrected chi connectivity index (χ1v) is 4.09. The number of aromatic nitrogens is 1. The Balaban J connectivity index is 2.97. The van der Waals surface area contributed by atoms with E-state index in [0.717, 1.165) is 0 Å². The first kappa shape index (κ1) is 8.13. The monoisotopic (exact) mass is 194 g/mol. The van der Waals surface area contributed by atoms with E-state index in [-0.39, 0.29) is 11.4 Å². The third kappa shape index (κ3) is 1.17. The molecule has 13 heavy (non-hydrogen) atoms. The molecule has 3 N–H and O–H groups in total. The SMILES string of the molecule is Nc1cc(Cl)c2cccnc2c1O. The maximum absolute atomic E-state index is 9.54.